The van der Waals surface area contributed by atoms with E-state index in [0.29, 0.717) is 19.8 Å². The summed E-state index contributed by atoms with van der Waals surface area (Å²) in [5.74, 6) is 0. The largest absolute Gasteiger partial charge is 0.388 e. The van der Waals surface area contributed by atoms with Crippen LogP contribution in [0.3, 0.4) is 0 Å². The number of ether oxygens (including phenoxy) is 2. The number of aromatic nitrogens is 1. The lowest BCUT2D eigenvalue weighted by Crippen LogP contribution is -2.23. The predicted octanol–water partition coefficient (Wildman–Crippen LogP) is 2.33. The summed E-state index contributed by atoms with van der Waals surface area (Å²) < 4.78 is 12.9. The minimum absolute atomic E-state index is 0.219. The van der Waals surface area contributed by atoms with Gasteiger partial charge >= 0.3 is 0 Å². The first-order valence-corrected chi connectivity index (χ1v) is 6.28. The SMILES string of the molecule is CCOC(Cn1ccc(C(O)CC)c1)OCC. The van der Waals surface area contributed by atoms with Gasteiger partial charge in [-0.15, -0.1) is 0 Å². The minimum Gasteiger partial charge on any atom is -0.388 e. The van der Waals surface area contributed by atoms with Gasteiger partial charge in [0.05, 0.1) is 12.6 Å². The van der Waals surface area contributed by atoms with Crippen molar-refractivity contribution in [2.45, 2.75) is 46.1 Å². The molecule has 4 nitrogen and oxygen atoms in total. The van der Waals surface area contributed by atoms with E-state index >= 15 is 0 Å². The summed E-state index contributed by atoms with van der Waals surface area (Å²) in [6, 6.07) is 1.93. The van der Waals surface area contributed by atoms with Crippen molar-refractivity contribution in [3.8, 4) is 0 Å². The van der Waals surface area contributed by atoms with Gasteiger partial charge in [0.1, 0.15) is 0 Å². The summed E-state index contributed by atoms with van der Waals surface area (Å²) >= 11 is 0. The fraction of sp³-hybridized carbons (Fsp3) is 0.692. The van der Waals surface area contributed by atoms with Gasteiger partial charge in [-0.2, -0.15) is 0 Å². The molecule has 0 saturated heterocycles. The summed E-state index contributed by atoms with van der Waals surface area (Å²) in [4.78, 5) is 0. The number of aliphatic hydroxyl groups is 1. The molecular weight excluding hydrogens is 218 g/mol. The molecular formula is C13H23NO3. The fourth-order valence-electron chi connectivity index (χ4n) is 1.70. The molecule has 0 radical (unpaired) electrons. The van der Waals surface area contributed by atoms with Crippen LogP contribution in [0.4, 0.5) is 0 Å². The van der Waals surface area contributed by atoms with Crippen molar-refractivity contribution in [3.05, 3.63) is 24.0 Å². The van der Waals surface area contributed by atoms with Gasteiger partial charge in [-0.25, -0.2) is 0 Å². The van der Waals surface area contributed by atoms with Gasteiger partial charge in [0.25, 0.3) is 0 Å². The van der Waals surface area contributed by atoms with E-state index in [1.165, 1.54) is 0 Å². The second-order valence-corrected chi connectivity index (χ2v) is 3.91. The van der Waals surface area contributed by atoms with Crippen molar-refractivity contribution in [1.82, 2.24) is 4.57 Å². The van der Waals surface area contributed by atoms with Crippen molar-refractivity contribution >= 4 is 0 Å². The van der Waals surface area contributed by atoms with Gasteiger partial charge in [-0.3, -0.25) is 0 Å². The maximum atomic E-state index is 9.71. The molecule has 1 aromatic heterocycles. The molecule has 0 fully saturated rings. The van der Waals surface area contributed by atoms with Gasteiger partial charge < -0.3 is 19.1 Å². The molecule has 17 heavy (non-hydrogen) atoms. The normalized spacial score (nSPS) is 13.2. The monoisotopic (exact) mass is 241 g/mol. The molecule has 0 aliphatic rings. The number of rotatable bonds is 8. The number of aliphatic hydroxyl groups excluding tert-OH is 1. The highest BCUT2D eigenvalue weighted by molar-refractivity contribution is 5.13. The summed E-state index contributed by atoms with van der Waals surface area (Å²) in [7, 11) is 0. The van der Waals surface area contributed by atoms with Crippen LogP contribution in [0.15, 0.2) is 18.5 Å². The Balaban J connectivity index is 2.56. The average molecular weight is 241 g/mol. The van der Waals surface area contributed by atoms with Crippen LogP contribution in [0.5, 0.6) is 0 Å². The van der Waals surface area contributed by atoms with Gasteiger partial charge in [0, 0.05) is 25.6 Å². The molecule has 1 rings (SSSR count). The standard InChI is InChI=1S/C13H23NO3/c1-4-12(15)11-7-8-14(9-11)10-13(16-5-2)17-6-3/h7-9,12-13,15H,4-6,10H2,1-3H3. The van der Waals surface area contributed by atoms with Crippen LogP contribution in [0.2, 0.25) is 0 Å². The molecule has 4 heteroatoms. The van der Waals surface area contributed by atoms with Crippen LogP contribution in [0, 0.1) is 0 Å². The molecule has 1 N–H and O–H groups in total. The van der Waals surface area contributed by atoms with Gasteiger partial charge in [0.15, 0.2) is 6.29 Å². The molecule has 0 aliphatic carbocycles. The smallest absolute Gasteiger partial charge is 0.175 e. The Hall–Kier alpha value is -0.840. The Morgan fingerprint density at radius 3 is 2.41 bits per heavy atom. The van der Waals surface area contributed by atoms with Crippen molar-refractivity contribution in [3.63, 3.8) is 0 Å². The maximum Gasteiger partial charge on any atom is 0.175 e. The van der Waals surface area contributed by atoms with E-state index in [1.54, 1.807) is 0 Å². The van der Waals surface area contributed by atoms with Crippen LogP contribution >= 0.6 is 0 Å². The van der Waals surface area contributed by atoms with E-state index < -0.39 is 0 Å². The van der Waals surface area contributed by atoms with Crippen LogP contribution in [0.25, 0.3) is 0 Å². The molecule has 0 saturated carbocycles. The quantitative estimate of drug-likeness (QED) is 0.710. The second-order valence-electron chi connectivity index (χ2n) is 3.91. The van der Waals surface area contributed by atoms with E-state index in [1.807, 2.05) is 43.8 Å². The first-order valence-electron chi connectivity index (χ1n) is 6.28. The van der Waals surface area contributed by atoms with Crippen LogP contribution < -0.4 is 0 Å². The van der Waals surface area contributed by atoms with Gasteiger partial charge in [-0.1, -0.05) is 6.92 Å². The molecule has 0 aliphatic heterocycles. The van der Waals surface area contributed by atoms with Crippen LogP contribution in [-0.4, -0.2) is 29.2 Å². The zero-order valence-corrected chi connectivity index (χ0v) is 10.9. The Morgan fingerprint density at radius 1 is 1.24 bits per heavy atom. The molecule has 1 heterocycles. The molecule has 1 aromatic rings. The molecule has 0 bridgehead atoms. The van der Waals surface area contributed by atoms with Crippen LogP contribution in [0.1, 0.15) is 38.9 Å². The van der Waals surface area contributed by atoms with E-state index in [9.17, 15) is 5.11 Å². The van der Waals surface area contributed by atoms with Crippen molar-refractivity contribution in [1.29, 1.82) is 0 Å². The molecule has 0 aromatic carbocycles. The molecule has 98 valence electrons. The van der Waals surface area contributed by atoms with Crippen molar-refractivity contribution < 1.29 is 14.6 Å². The zero-order chi connectivity index (χ0) is 12.7. The molecule has 0 amide bonds. The predicted molar refractivity (Wildman–Crippen MR) is 66.7 cm³/mol. The van der Waals surface area contributed by atoms with Crippen LogP contribution in [-0.2, 0) is 16.0 Å². The Labute approximate surface area is 103 Å². The third kappa shape index (κ3) is 4.50. The Bertz CT molecular complexity index is 305. The molecule has 1 atom stereocenters. The topological polar surface area (TPSA) is 43.6 Å². The Morgan fingerprint density at radius 2 is 1.88 bits per heavy atom. The third-order valence-corrected chi connectivity index (χ3v) is 2.61. The lowest BCUT2D eigenvalue weighted by Gasteiger charge is -2.17. The lowest BCUT2D eigenvalue weighted by molar-refractivity contribution is -0.143. The average Bonchev–Trinajstić information content (AvgIpc) is 2.77. The van der Waals surface area contributed by atoms with E-state index in [0.717, 1.165) is 12.0 Å². The summed E-state index contributed by atoms with van der Waals surface area (Å²) in [6.45, 7) is 7.79. The highest BCUT2D eigenvalue weighted by Crippen LogP contribution is 2.16. The van der Waals surface area contributed by atoms with E-state index in [2.05, 4.69) is 0 Å². The molecule has 1 unspecified atom stereocenters. The Kier molecular flexibility index (Phi) is 6.26. The third-order valence-electron chi connectivity index (χ3n) is 2.61. The molecule has 0 spiro atoms. The lowest BCUT2D eigenvalue weighted by atomic mass is 10.1. The second kappa shape index (κ2) is 7.48. The highest BCUT2D eigenvalue weighted by atomic mass is 16.7. The van der Waals surface area contributed by atoms with Crippen molar-refractivity contribution in [2.24, 2.45) is 0 Å². The number of nitrogens with zero attached hydrogens (tertiary/aromatic N) is 1. The van der Waals surface area contributed by atoms with E-state index in [-0.39, 0.29) is 12.4 Å². The number of hydrogen-bond acceptors (Lipinski definition) is 3. The highest BCUT2D eigenvalue weighted by Gasteiger charge is 2.11. The van der Waals surface area contributed by atoms with Gasteiger partial charge in [-0.05, 0) is 31.9 Å². The summed E-state index contributed by atoms with van der Waals surface area (Å²) in [5.41, 5.74) is 0.944. The minimum atomic E-state index is -0.381. The first kappa shape index (κ1) is 14.2. The van der Waals surface area contributed by atoms with Gasteiger partial charge in [0.2, 0.25) is 0 Å². The summed E-state index contributed by atoms with van der Waals surface area (Å²) in [5, 5.41) is 9.71. The number of hydrogen-bond donors (Lipinski definition) is 1. The first-order chi connectivity index (χ1) is 8.21. The van der Waals surface area contributed by atoms with E-state index in [4.69, 9.17) is 9.47 Å². The fourth-order valence-corrected chi connectivity index (χ4v) is 1.70. The summed E-state index contributed by atoms with van der Waals surface area (Å²) in [6.07, 6.45) is 4.01. The maximum absolute atomic E-state index is 9.71. The van der Waals surface area contributed by atoms with Crippen molar-refractivity contribution in [2.75, 3.05) is 13.2 Å². The zero-order valence-electron chi connectivity index (χ0n) is 10.9.